The third-order valence-electron chi connectivity index (χ3n) is 4.72. The number of primary amides is 1. The van der Waals surface area contributed by atoms with Crippen molar-refractivity contribution in [3.63, 3.8) is 0 Å². The van der Waals surface area contributed by atoms with Gasteiger partial charge in [-0.3, -0.25) is 13.9 Å². The number of para-hydroxylation sites is 2. The maximum atomic E-state index is 13.5. The van der Waals surface area contributed by atoms with Gasteiger partial charge < -0.3 is 20.5 Å². The molecule has 2 amide bonds. The minimum atomic E-state index is -4.16. The lowest BCUT2D eigenvalue weighted by Crippen LogP contribution is -2.38. The molecule has 0 aromatic heterocycles. The zero-order valence-corrected chi connectivity index (χ0v) is 18.8. The summed E-state index contributed by atoms with van der Waals surface area (Å²) in [6.07, 6.45) is 0. The molecule has 3 aromatic carbocycles. The van der Waals surface area contributed by atoms with Crippen molar-refractivity contribution in [2.24, 2.45) is 5.73 Å². The van der Waals surface area contributed by atoms with E-state index in [-0.39, 0.29) is 21.9 Å². The van der Waals surface area contributed by atoms with Crippen molar-refractivity contribution in [3.8, 4) is 11.5 Å². The van der Waals surface area contributed by atoms with Gasteiger partial charge in [0.1, 0.15) is 18.0 Å². The molecule has 0 radical (unpaired) electrons. The monoisotopic (exact) mass is 469 g/mol. The smallest absolute Gasteiger partial charge is 0.264 e. The van der Waals surface area contributed by atoms with Crippen molar-refractivity contribution in [3.05, 3.63) is 78.4 Å². The number of benzene rings is 3. The number of rotatable bonds is 9. The van der Waals surface area contributed by atoms with Crippen LogP contribution in [0, 0.1) is 0 Å². The molecule has 3 aromatic rings. The number of nitrogens with one attached hydrogen (secondary N) is 1. The van der Waals surface area contributed by atoms with Gasteiger partial charge in [-0.15, -0.1) is 0 Å². The highest BCUT2D eigenvalue weighted by Crippen LogP contribution is 2.32. The number of hydrogen-bond acceptors (Lipinski definition) is 6. The molecule has 0 fully saturated rings. The lowest BCUT2D eigenvalue weighted by atomic mass is 10.2. The molecule has 0 bridgehead atoms. The number of anilines is 2. The van der Waals surface area contributed by atoms with Crippen molar-refractivity contribution in [1.82, 2.24) is 0 Å². The van der Waals surface area contributed by atoms with Gasteiger partial charge in [0.15, 0.2) is 0 Å². The Hall–Kier alpha value is -4.05. The second-order valence-corrected chi connectivity index (χ2v) is 8.71. The van der Waals surface area contributed by atoms with E-state index in [1.807, 2.05) is 0 Å². The zero-order valence-electron chi connectivity index (χ0n) is 18.0. The minimum absolute atomic E-state index is 0.0299. The molecule has 0 saturated carbocycles. The molecule has 3 rings (SSSR count). The first-order valence-corrected chi connectivity index (χ1v) is 11.2. The normalized spacial score (nSPS) is 10.8. The summed E-state index contributed by atoms with van der Waals surface area (Å²) in [5, 5.41) is 2.60. The standard InChI is InChI=1S/C23H23N3O6S/c1-31-18-10-12-19(13-11-18)33(29,30)26(20-8-3-4-9-21(20)32-2)15-22(27)25-17-7-5-6-16(14-17)23(24)28/h3-14H,15H2,1-2H3,(H2,24,28)(H,25,27). The minimum Gasteiger partial charge on any atom is -0.497 e. The average molecular weight is 470 g/mol. The molecule has 172 valence electrons. The molecule has 0 unspecified atom stereocenters. The Kier molecular flexibility index (Phi) is 7.19. The average Bonchev–Trinajstić information content (AvgIpc) is 2.82. The van der Waals surface area contributed by atoms with E-state index >= 15 is 0 Å². The van der Waals surface area contributed by atoms with E-state index in [1.165, 1.54) is 50.6 Å². The second kappa shape index (κ2) is 10.0. The molecule has 0 aliphatic carbocycles. The molecule has 10 heteroatoms. The van der Waals surface area contributed by atoms with Crippen LogP contribution in [0.1, 0.15) is 10.4 Å². The van der Waals surface area contributed by atoms with E-state index in [0.29, 0.717) is 11.4 Å². The number of sulfonamides is 1. The van der Waals surface area contributed by atoms with Crippen LogP contribution in [0.3, 0.4) is 0 Å². The third-order valence-corrected chi connectivity index (χ3v) is 6.49. The van der Waals surface area contributed by atoms with Crippen LogP contribution in [0.25, 0.3) is 0 Å². The highest BCUT2D eigenvalue weighted by molar-refractivity contribution is 7.92. The van der Waals surface area contributed by atoms with Crippen LogP contribution in [0.2, 0.25) is 0 Å². The van der Waals surface area contributed by atoms with E-state index in [0.717, 1.165) is 4.31 Å². The summed E-state index contributed by atoms with van der Waals surface area (Å²) in [4.78, 5) is 24.2. The Balaban J connectivity index is 1.97. The zero-order chi connectivity index (χ0) is 24.0. The van der Waals surface area contributed by atoms with Crippen molar-refractivity contribution in [2.75, 3.05) is 30.4 Å². The van der Waals surface area contributed by atoms with Gasteiger partial charge in [-0.1, -0.05) is 18.2 Å². The van der Waals surface area contributed by atoms with E-state index in [9.17, 15) is 18.0 Å². The Morgan fingerprint density at radius 1 is 0.939 bits per heavy atom. The maximum absolute atomic E-state index is 13.5. The molecular formula is C23H23N3O6S. The van der Waals surface area contributed by atoms with Crippen molar-refractivity contribution < 1.29 is 27.5 Å². The molecule has 0 atom stereocenters. The first kappa shape index (κ1) is 23.6. The number of carbonyl (C=O) groups excluding carboxylic acids is 2. The van der Waals surface area contributed by atoms with Crippen molar-refractivity contribution in [1.29, 1.82) is 0 Å². The molecule has 33 heavy (non-hydrogen) atoms. The fourth-order valence-electron chi connectivity index (χ4n) is 3.09. The summed E-state index contributed by atoms with van der Waals surface area (Å²) >= 11 is 0. The first-order valence-electron chi connectivity index (χ1n) is 9.76. The summed E-state index contributed by atoms with van der Waals surface area (Å²) in [7, 11) is -1.27. The van der Waals surface area contributed by atoms with Crippen LogP contribution in [0.15, 0.2) is 77.7 Å². The number of carbonyl (C=O) groups is 2. The number of nitrogens with two attached hydrogens (primary N) is 1. The summed E-state index contributed by atoms with van der Waals surface area (Å²) in [5.74, 6) is -0.508. The molecule has 3 N–H and O–H groups in total. The number of hydrogen-bond donors (Lipinski definition) is 2. The lowest BCUT2D eigenvalue weighted by molar-refractivity contribution is -0.114. The van der Waals surface area contributed by atoms with Crippen molar-refractivity contribution in [2.45, 2.75) is 4.90 Å². The highest BCUT2D eigenvalue weighted by Gasteiger charge is 2.29. The van der Waals surface area contributed by atoms with Crippen LogP contribution >= 0.6 is 0 Å². The largest absolute Gasteiger partial charge is 0.497 e. The second-order valence-electron chi connectivity index (χ2n) is 6.85. The Morgan fingerprint density at radius 2 is 1.64 bits per heavy atom. The van der Waals surface area contributed by atoms with Gasteiger partial charge >= 0.3 is 0 Å². The Bertz CT molecular complexity index is 1260. The molecular weight excluding hydrogens is 446 g/mol. The predicted octanol–water partition coefficient (Wildman–Crippen LogP) is 2.64. The van der Waals surface area contributed by atoms with Gasteiger partial charge in [0.25, 0.3) is 10.0 Å². The van der Waals surface area contributed by atoms with Crippen LogP contribution < -0.4 is 24.8 Å². The Morgan fingerprint density at radius 3 is 2.27 bits per heavy atom. The van der Waals surface area contributed by atoms with Crippen LogP contribution in [0.5, 0.6) is 11.5 Å². The van der Waals surface area contributed by atoms with E-state index in [1.54, 1.807) is 36.4 Å². The molecule has 0 heterocycles. The van der Waals surface area contributed by atoms with E-state index in [2.05, 4.69) is 5.32 Å². The highest BCUT2D eigenvalue weighted by atomic mass is 32.2. The SMILES string of the molecule is COc1ccc(S(=O)(=O)N(CC(=O)Nc2cccc(C(N)=O)c2)c2ccccc2OC)cc1. The number of amides is 2. The number of methoxy groups -OCH3 is 2. The van der Waals surface area contributed by atoms with Gasteiger partial charge in [-0.05, 0) is 54.6 Å². The van der Waals surface area contributed by atoms with Crippen LogP contribution in [-0.2, 0) is 14.8 Å². The first-order chi connectivity index (χ1) is 15.8. The fraction of sp³-hybridized carbons (Fsp3) is 0.130. The molecule has 0 spiro atoms. The summed E-state index contributed by atoms with van der Waals surface area (Å²) in [5.41, 5.74) is 5.99. The molecule has 0 aliphatic rings. The summed E-state index contributed by atoms with van der Waals surface area (Å²) in [6.45, 7) is -0.546. The quantitative estimate of drug-likeness (QED) is 0.496. The Labute approximate surface area is 191 Å². The molecule has 0 saturated heterocycles. The number of ether oxygens (including phenoxy) is 2. The van der Waals surface area contributed by atoms with Crippen LogP contribution in [-0.4, -0.2) is 41.0 Å². The number of nitrogens with zero attached hydrogens (tertiary/aromatic N) is 1. The third kappa shape index (κ3) is 5.42. The van der Waals surface area contributed by atoms with Crippen molar-refractivity contribution >= 4 is 33.2 Å². The van der Waals surface area contributed by atoms with E-state index in [4.69, 9.17) is 15.2 Å². The molecule has 9 nitrogen and oxygen atoms in total. The van der Waals surface area contributed by atoms with Gasteiger partial charge in [0.05, 0.1) is 24.8 Å². The van der Waals surface area contributed by atoms with Gasteiger partial charge in [0.2, 0.25) is 11.8 Å². The van der Waals surface area contributed by atoms with Gasteiger partial charge in [-0.25, -0.2) is 8.42 Å². The van der Waals surface area contributed by atoms with E-state index < -0.39 is 28.4 Å². The fourth-order valence-corrected chi connectivity index (χ4v) is 4.52. The summed E-state index contributed by atoms with van der Waals surface area (Å²) < 4.78 is 38.4. The topological polar surface area (TPSA) is 128 Å². The van der Waals surface area contributed by atoms with Crippen LogP contribution in [0.4, 0.5) is 11.4 Å². The maximum Gasteiger partial charge on any atom is 0.264 e. The van der Waals surface area contributed by atoms with Gasteiger partial charge in [0, 0.05) is 11.3 Å². The molecule has 0 aliphatic heterocycles. The predicted molar refractivity (Wildman–Crippen MR) is 124 cm³/mol. The summed E-state index contributed by atoms with van der Waals surface area (Å²) in [6, 6.07) is 18.3. The van der Waals surface area contributed by atoms with Gasteiger partial charge in [-0.2, -0.15) is 0 Å². The lowest BCUT2D eigenvalue weighted by Gasteiger charge is -2.25.